The summed E-state index contributed by atoms with van der Waals surface area (Å²) in [7, 11) is 0. The standard InChI is InChI=1S/C24H19N5/c1-15-6-3-4-8-19(15)17-12-18(14-25-13-17)22-20-10-11-26-23(20)29-24(28-22)21-9-5-7-16(2)27-21/h3-14H,1-2H3,(H,26,28,29). The lowest BCUT2D eigenvalue weighted by atomic mass is 10.00. The predicted octanol–water partition coefficient (Wildman–Crippen LogP) is 5.37. The molecule has 5 rings (SSSR count). The number of aromatic amines is 1. The van der Waals surface area contributed by atoms with Gasteiger partial charge in [0.15, 0.2) is 5.82 Å². The van der Waals surface area contributed by atoms with E-state index in [0.717, 1.165) is 39.2 Å². The Morgan fingerprint density at radius 3 is 2.52 bits per heavy atom. The summed E-state index contributed by atoms with van der Waals surface area (Å²) < 4.78 is 0. The third-order valence-corrected chi connectivity index (χ3v) is 5.00. The summed E-state index contributed by atoms with van der Waals surface area (Å²) in [5.41, 5.74) is 7.72. The van der Waals surface area contributed by atoms with Crippen LogP contribution in [0, 0.1) is 13.8 Å². The van der Waals surface area contributed by atoms with Gasteiger partial charge in [0, 0.05) is 40.8 Å². The molecule has 0 fully saturated rings. The number of nitrogens with one attached hydrogen (secondary N) is 1. The number of benzene rings is 1. The highest BCUT2D eigenvalue weighted by Crippen LogP contribution is 2.31. The Morgan fingerprint density at radius 1 is 0.793 bits per heavy atom. The maximum atomic E-state index is 4.88. The van der Waals surface area contributed by atoms with E-state index in [0.29, 0.717) is 5.82 Å². The van der Waals surface area contributed by atoms with Crippen molar-refractivity contribution >= 4 is 11.0 Å². The van der Waals surface area contributed by atoms with Crippen molar-refractivity contribution in [2.45, 2.75) is 13.8 Å². The molecule has 0 atom stereocenters. The molecule has 0 saturated heterocycles. The van der Waals surface area contributed by atoms with E-state index < -0.39 is 0 Å². The van der Waals surface area contributed by atoms with E-state index in [1.807, 2.05) is 61.9 Å². The van der Waals surface area contributed by atoms with Crippen LogP contribution in [0.25, 0.3) is 44.9 Å². The first-order valence-corrected chi connectivity index (χ1v) is 9.49. The smallest absolute Gasteiger partial charge is 0.180 e. The van der Waals surface area contributed by atoms with E-state index in [4.69, 9.17) is 4.98 Å². The minimum Gasteiger partial charge on any atom is -0.346 e. The first-order chi connectivity index (χ1) is 14.2. The number of hydrogen-bond acceptors (Lipinski definition) is 4. The van der Waals surface area contributed by atoms with E-state index in [-0.39, 0.29) is 0 Å². The molecule has 0 aliphatic rings. The molecule has 0 aliphatic carbocycles. The van der Waals surface area contributed by atoms with Gasteiger partial charge in [-0.25, -0.2) is 15.0 Å². The molecular weight excluding hydrogens is 358 g/mol. The summed E-state index contributed by atoms with van der Waals surface area (Å²) in [5, 5.41) is 0.963. The lowest BCUT2D eigenvalue weighted by Gasteiger charge is -2.09. The highest BCUT2D eigenvalue weighted by Gasteiger charge is 2.14. The molecule has 5 heteroatoms. The van der Waals surface area contributed by atoms with Gasteiger partial charge in [-0.05, 0) is 49.2 Å². The van der Waals surface area contributed by atoms with E-state index in [2.05, 4.69) is 45.1 Å². The fraction of sp³-hybridized carbons (Fsp3) is 0.0833. The molecule has 1 N–H and O–H groups in total. The van der Waals surface area contributed by atoms with E-state index in [9.17, 15) is 0 Å². The van der Waals surface area contributed by atoms with Gasteiger partial charge in [-0.1, -0.05) is 30.3 Å². The molecular formula is C24H19N5. The lowest BCUT2D eigenvalue weighted by Crippen LogP contribution is -1.97. The average Bonchev–Trinajstić information content (AvgIpc) is 3.22. The molecule has 5 nitrogen and oxygen atoms in total. The number of aryl methyl sites for hydroxylation is 2. The molecule has 0 saturated carbocycles. The molecule has 29 heavy (non-hydrogen) atoms. The number of rotatable bonds is 3. The Hall–Kier alpha value is -3.86. The number of fused-ring (bicyclic) bond motifs is 1. The maximum Gasteiger partial charge on any atom is 0.180 e. The Morgan fingerprint density at radius 2 is 1.66 bits per heavy atom. The van der Waals surface area contributed by atoms with Gasteiger partial charge < -0.3 is 4.98 Å². The number of pyridine rings is 2. The number of H-pyrrole nitrogens is 1. The molecule has 0 unspecified atom stereocenters. The van der Waals surface area contributed by atoms with Crippen LogP contribution < -0.4 is 0 Å². The van der Waals surface area contributed by atoms with Crippen LogP contribution >= 0.6 is 0 Å². The largest absolute Gasteiger partial charge is 0.346 e. The molecule has 0 amide bonds. The molecule has 0 aliphatic heterocycles. The molecule has 1 aromatic carbocycles. The Kier molecular flexibility index (Phi) is 4.13. The van der Waals surface area contributed by atoms with Crippen molar-refractivity contribution in [1.29, 1.82) is 0 Å². The zero-order valence-electron chi connectivity index (χ0n) is 16.2. The van der Waals surface area contributed by atoms with Gasteiger partial charge in [-0.15, -0.1) is 0 Å². The Balaban J connectivity index is 1.70. The van der Waals surface area contributed by atoms with Gasteiger partial charge in [0.1, 0.15) is 11.3 Å². The fourth-order valence-corrected chi connectivity index (χ4v) is 3.56. The summed E-state index contributed by atoms with van der Waals surface area (Å²) >= 11 is 0. The highest BCUT2D eigenvalue weighted by molar-refractivity contribution is 5.92. The van der Waals surface area contributed by atoms with Crippen molar-refractivity contribution in [3.63, 3.8) is 0 Å². The number of aromatic nitrogens is 5. The van der Waals surface area contributed by atoms with Crippen molar-refractivity contribution in [2.75, 3.05) is 0 Å². The maximum absolute atomic E-state index is 4.88. The third-order valence-electron chi connectivity index (χ3n) is 5.00. The van der Waals surface area contributed by atoms with Gasteiger partial charge in [0.2, 0.25) is 0 Å². The summed E-state index contributed by atoms with van der Waals surface area (Å²) in [6, 6.07) is 18.3. The van der Waals surface area contributed by atoms with Crippen LogP contribution in [0.5, 0.6) is 0 Å². The molecule has 0 radical (unpaired) electrons. The van der Waals surface area contributed by atoms with Gasteiger partial charge in [0.25, 0.3) is 0 Å². The molecule has 4 aromatic heterocycles. The minimum atomic E-state index is 0.597. The van der Waals surface area contributed by atoms with Crippen molar-refractivity contribution < 1.29 is 0 Å². The quantitative estimate of drug-likeness (QED) is 0.459. The molecule has 5 aromatic rings. The minimum absolute atomic E-state index is 0.597. The molecule has 140 valence electrons. The second-order valence-corrected chi connectivity index (χ2v) is 7.08. The van der Waals surface area contributed by atoms with Crippen LogP contribution in [0.15, 0.2) is 73.2 Å². The predicted molar refractivity (Wildman–Crippen MR) is 115 cm³/mol. The first-order valence-electron chi connectivity index (χ1n) is 9.49. The van der Waals surface area contributed by atoms with Crippen LogP contribution in [0.2, 0.25) is 0 Å². The first kappa shape index (κ1) is 17.3. The Bertz CT molecular complexity index is 1340. The highest BCUT2D eigenvalue weighted by atomic mass is 15.0. The summed E-state index contributed by atoms with van der Waals surface area (Å²) in [5.74, 6) is 0.597. The Labute approximate surface area is 168 Å². The normalized spacial score (nSPS) is 11.1. The van der Waals surface area contributed by atoms with Crippen LogP contribution in [0.1, 0.15) is 11.3 Å². The zero-order valence-corrected chi connectivity index (χ0v) is 16.2. The van der Waals surface area contributed by atoms with Crippen molar-refractivity contribution in [3.05, 3.63) is 84.4 Å². The van der Waals surface area contributed by atoms with Gasteiger partial charge in [-0.2, -0.15) is 0 Å². The van der Waals surface area contributed by atoms with Crippen LogP contribution in [-0.4, -0.2) is 24.9 Å². The third kappa shape index (κ3) is 3.17. The second kappa shape index (κ2) is 6.95. The average molecular weight is 377 g/mol. The topological polar surface area (TPSA) is 67.3 Å². The summed E-state index contributed by atoms with van der Waals surface area (Å²) in [4.78, 5) is 21.9. The number of nitrogens with zero attached hydrogens (tertiary/aromatic N) is 4. The van der Waals surface area contributed by atoms with E-state index in [1.54, 1.807) is 0 Å². The van der Waals surface area contributed by atoms with Crippen LogP contribution in [0.3, 0.4) is 0 Å². The van der Waals surface area contributed by atoms with Crippen LogP contribution in [0.4, 0.5) is 0 Å². The van der Waals surface area contributed by atoms with E-state index >= 15 is 0 Å². The van der Waals surface area contributed by atoms with E-state index in [1.165, 1.54) is 11.1 Å². The molecule has 4 heterocycles. The van der Waals surface area contributed by atoms with Crippen molar-refractivity contribution in [1.82, 2.24) is 24.9 Å². The SMILES string of the molecule is Cc1cccc(-c2nc(-c3cncc(-c4ccccc4C)c3)c3cc[nH]c3n2)n1. The van der Waals surface area contributed by atoms with Crippen molar-refractivity contribution in [2.24, 2.45) is 0 Å². The zero-order chi connectivity index (χ0) is 19.8. The summed E-state index contributed by atoms with van der Waals surface area (Å²) in [6.07, 6.45) is 5.63. The fourth-order valence-electron chi connectivity index (χ4n) is 3.56. The van der Waals surface area contributed by atoms with Crippen LogP contribution in [-0.2, 0) is 0 Å². The molecule has 0 bridgehead atoms. The van der Waals surface area contributed by atoms with Crippen molar-refractivity contribution in [3.8, 4) is 33.9 Å². The molecule has 0 spiro atoms. The summed E-state index contributed by atoms with van der Waals surface area (Å²) in [6.45, 7) is 4.08. The van der Waals surface area contributed by atoms with Gasteiger partial charge >= 0.3 is 0 Å². The lowest BCUT2D eigenvalue weighted by molar-refractivity contribution is 1.13. The van der Waals surface area contributed by atoms with Gasteiger partial charge in [-0.3, -0.25) is 4.98 Å². The monoisotopic (exact) mass is 377 g/mol. The number of hydrogen-bond donors (Lipinski definition) is 1. The second-order valence-electron chi connectivity index (χ2n) is 7.08. The van der Waals surface area contributed by atoms with Gasteiger partial charge in [0.05, 0.1) is 5.69 Å².